The van der Waals surface area contributed by atoms with Crippen LogP contribution in [0, 0.1) is 13.8 Å². The van der Waals surface area contributed by atoms with E-state index in [0.717, 1.165) is 5.56 Å². The molecule has 0 amide bonds. The van der Waals surface area contributed by atoms with Gasteiger partial charge in [-0.1, -0.05) is 11.6 Å². The van der Waals surface area contributed by atoms with Crippen molar-refractivity contribution in [3.63, 3.8) is 0 Å². The molecule has 0 heterocycles. The summed E-state index contributed by atoms with van der Waals surface area (Å²) in [6.07, 6.45) is 0. The number of ether oxygens (including phenoxy) is 1. The summed E-state index contributed by atoms with van der Waals surface area (Å²) in [6.45, 7) is 5.35. The van der Waals surface area contributed by atoms with E-state index in [1.54, 1.807) is 26.0 Å². The molecule has 86 valence electrons. The lowest BCUT2D eigenvalue weighted by Gasteiger charge is -2.07. The first-order valence-corrected chi connectivity index (χ1v) is 5.33. The van der Waals surface area contributed by atoms with Crippen LogP contribution in [0.15, 0.2) is 12.1 Å². The fraction of sp³-hybridized carbons (Fsp3) is 0.333. The summed E-state index contributed by atoms with van der Waals surface area (Å²) in [5, 5.41) is 0.479. The lowest BCUT2D eigenvalue weighted by molar-refractivity contribution is -0.137. The van der Waals surface area contributed by atoms with Gasteiger partial charge in [0.1, 0.15) is 0 Å². The zero-order valence-electron chi connectivity index (χ0n) is 9.46. The van der Waals surface area contributed by atoms with E-state index in [-0.39, 0.29) is 6.61 Å². The van der Waals surface area contributed by atoms with Crippen molar-refractivity contribution < 1.29 is 14.3 Å². The summed E-state index contributed by atoms with van der Waals surface area (Å²) in [4.78, 5) is 23.0. The third-order valence-corrected chi connectivity index (χ3v) is 2.59. The Hall–Kier alpha value is -1.35. The highest BCUT2D eigenvalue weighted by atomic mass is 35.5. The van der Waals surface area contributed by atoms with E-state index in [4.69, 9.17) is 11.6 Å². The molecule has 0 N–H and O–H groups in total. The Balaban J connectivity index is 3.13. The first-order valence-electron chi connectivity index (χ1n) is 4.95. The van der Waals surface area contributed by atoms with Crippen molar-refractivity contribution in [2.45, 2.75) is 20.8 Å². The summed E-state index contributed by atoms with van der Waals surface area (Å²) in [6, 6.07) is 3.39. The lowest BCUT2D eigenvalue weighted by Crippen LogP contribution is -2.18. The van der Waals surface area contributed by atoms with E-state index in [0.29, 0.717) is 16.1 Å². The number of hydrogen-bond acceptors (Lipinski definition) is 3. The molecule has 0 radical (unpaired) electrons. The minimum Gasteiger partial charge on any atom is -0.460 e. The Morgan fingerprint density at radius 1 is 1.31 bits per heavy atom. The largest absolute Gasteiger partial charge is 0.460 e. The molecule has 16 heavy (non-hydrogen) atoms. The molecule has 3 nitrogen and oxygen atoms in total. The Kier molecular flexibility index (Phi) is 4.07. The zero-order chi connectivity index (χ0) is 12.3. The molecule has 0 aliphatic rings. The summed E-state index contributed by atoms with van der Waals surface area (Å²) in [7, 11) is 0. The van der Waals surface area contributed by atoms with Crippen LogP contribution in [-0.4, -0.2) is 18.4 Å². The highest BCUT2D eigenvalue weighted by Gasteiger charge is 2.20. The molecule has 0 fully saturated rings. The van der Waals surface area contributed by atoms with Gasteiger partial charge in [0.05, 0.1) is 6.61 Å². The maximum absolute atomic E-state index is 11.7. The molecule has 0 spiro atoms. The van der Waals surface area contributed by atoms with Crippen molar-refractivity contribution in [1.82, 2.24) is 0 Å². The van der Waals surface area contributed by atoms with Crippen molar-refractivity contribution >= 4 is 23.4 Å². The molecule has 0 aliphatic heterocycles. The maximum atomic E-state index is 11.7. The van der Waals surface area contributed by atoms with Crippen LogP contribution < -0.4 is 0 Å². The van der Waals surface area contributed by atoms with Gasteiger partial charge in [-0.2, -0.15) is 0 Å². The Labute approximate surface area is 99.4 Å². The van der Waals surface area contributed by atoms with Gasteiger partial charge in [-0.3, -0.25) is 4.79 Å². The summed E-state index contributed by atoms with van der Waals surface area (Å²) in [5.74, 6) is -1.49. The van der Waals surface area contributed by atoms with Gasteiger partial charge in [0, 0.05) is 10.6 Å². The first kappa shape index (κ1) is 12.7. The SMILES string of the molecule is CCOC(=O)C(=O)c1cc(C)cc(Cl)c1C. The second-order valence-electron chi connectivity index (χ2n) is 3.47. The van der Waals surface area contributed by atoms with E-state index in [1.165, 1.54) is 0 Å². The van der Waals surface area contributed by atoms with Crippen LogP contribution in [0.4, 0.5) is 0 Å². The molecule has 4 heteroatoms. The average Bonchev–Trinajstić information content (AvgIpc) is 2.22. The van der Waals surface area contributed by atoms with Gasteiger partial charge in [0.2, 0.25) is 0 Å². The van der Waals surface area contributed by atoms with Gasteiger partial charge >= 0.3 is 5.97 Å². The molecule has 0 aliphatic carbocycles. The Bertz CT molecular complexity index is 438. The Morgan fingerprint density at radius 3 is 2.50 bits per heavy atom. The molecule has 1 aromatic carbocycles. The van der Waals surface area contributed by atoms with E-state index in [9.17, 15) is 9.59 Å². The van der Waals surface area contributed by atoms with Crippen LogP contribution in [0.1, 0.15) is 28.4 Å². The predicted octanol–water partition coefficient (Wildman–Crippen LogP) is 2.70. The molecule has 0 aromatic heterocycles. The van der Waals surface area contributed by atoms with Gasteiger partial charge in [-0.05, 0) is 44.0 Å². The third-order valence-electron chi connectivity index (χ3n) is 2.19. The summed E-state index contributed by atoms with van der Waals surface area (Å²) < 4.78 is 4.66. The molecule has 0 saturated heterocycles. The van der Waals surface area contributed by atoms with Gasteiger partial charge in [0.25, 0.3) is 5.78 Å². The number of ketones is 1. The summed E-state index contributed by atoms with van der Waals surface area (Å²) in [5.41, 5.74) is 1.75. The number of esters is 1. The molecular weight excluding hydrogens is 228 g/mol. The first-order chi connectivity index (χ1) is 7.47. The number of Topliss-reactive ketones (excluding diaryl/α,β-unsaturated/α-hetero) is 1. The number of carbonyl (C=O) groups is 2. The van der Waals surface area contributed by atoms with Crippen LogP contribution in [0.2, 0.25) is 5.02 Å². The minimum atomic E-state index is -0.840. The molecule has 1 aromatic rings. The van der Waals surface area contributed by atoms with Crippen LogP contribution in [0.5, 0.6) is 0 Å². The van der Waals surface area contributed by atoms with Crippen molar-refractivity contribution in [2.24, 2.45) is 0 Å². The van der Waals surface area contributed by atoms with Gasteiger partial charge in [0.15, 0.2) is 0 Å². The van der Waals surface area contributed by atoms with E-state index in [1.807, 2.05) is 6.92 Å². The quantitative estimate of drug-likeness (QED) is 0.464. The van der Waals surface area contributed by atoms with Crippen LogP contribution in [-0.2, 0) is 9.53 Å². The number of benzene rings is 1. The number of aryl methyl sites for hydroxylation is 1. The van der Waals surface area contributed by atoms with E-state index < -0.39 is 11.8 Å². The minimum absolute atomic E-state index is 0.184. The number of rotatable bonds is 3. The van der Waals surface area contributed by atoms with Crippen molar-refractivity contribution in [1.29, 1.82) is 0 Å². The van der Waals surface area contributed by atoms with Crippen molar-refractivity contribution in [2.75, 3.05) is 6.61 Å². The van der Waals surface area contributed by atoms with E-state index >= 15 is 0 Å². The average molecular weight is 241 g/mol. The maximum Gasteiger partial charge on any atom is 0.379 e. The van der Waals surface area contributed by atoms with Crippen molar-refractivity contribution in [3.8, 4) is 0 Å². The molecular formula is C12H13ClO3. The molecule has 0 unspecified atom stereocenters. The summed E-state index contributed by atoms with van der Waals surface area (Å²) >= 11 is 5.94. The standard InChI is InChI=1S/C12H13ClO3/c1-4-16-12(15)11(14)9-5-7(2)6-10(13)8(9)3/h5-6H,4H2,1-3H3. The number of hydrogen-bond donors (Lipinski definition) is 0. The lowest BCUT2D eigenvalue weighted by atomic mass is 10.0. The molecule has 1 rings (SSSR count). The zero-order valence-corrected chi connectivity index (χ0v) is 10.2. The number of carbonyl (C=O) groups excluding carboxylic acids is 2. The molecule has 0 atom stereocenters. The highest BCUT2D eigenvalue weighted by Crippen LogP contribution is 2.22. The second-order valence-corrected chi connectivity index (χ2v) is 3.88. The highest BCUT2D eigenvalue weighted by molar-refractivity contribution is 6.42. The fourth-order valence-electron chi connectivity index (χ4n) is 1.36. The topological polar surface area (TPSA) is 43.4 Å². The second kappa shape index (κ2) is 5.12. The van der Waals surface area contributed by atoms with Gasteiger partial charge in [-0.25, -0.2) is 4.79 Å². The van der Waals surface area contributed by atoms with E-state index in [2.05, 4.69) is 4.74 Å². The predicted molar refractivity (Wildman–Crippen MR) is 61.9 cm³/mol. The molecule has 0 saturated carbocycles. The third kappa shape index (κ3) is 2.61. The Morgan fingerprint density at radius 2 is 1.94 bits per heavy atom. The van der Waals surface area contributed by atoms with Crippen molar-refractivity contribution in [3.05, 3.63) is 33.8 Å². The fourth-order valence-corrected chi connectivity index (χ4v) is 1.63. The number of halogens is 1. The molecule has 0 bridgehead atoms. The van der Waals surface area contributed by atoms with Crippen LogP contribution in [0.25, 0.3) is 0 Å². The van der Waals surface area contributed by atoms with Gasteiger partial charge < -0.3 is 4.74 Å². The smallest absolute Gasteiger partial charge is 0.379 e. The normalized spacial score (nSPS) is 10.0. The van der Waals surface area contributed by atoms with Crippen LogP contribution >= 0.6 is 11.6 Å². The van der Waals surface area contributed by atoms with Gasteiger partial charge in [-0.15, -0.1) is 0 Å². The van der Waals surface area contributed by atoms with Crippen LogP contribution in [0.3, 0.4) is 0 Å². The monoisotopic (exact) mass is 240 g/mol.